The summed E-state index contributed by atoms with van der Waals surface area (Å²) in [6.45, 7) is 6.19. The van der Waals surface area contributed by atoms with Gasteiger partial charge in [-0.05, 0) is 32.5 Å². The molecule has 0 bridgehead atoms. The van der Waals surface area contributed by atoms with E-state index in [9.17, 15) is 0 Å². The Morgan fingerprint density at radius 2 is 2.14 bits per heavy atom. The van der Waals surface area contributed by atoms with Gasteiger partial charge in [0.1, 0.15) is 0 Å². The molecule has 3 N–H and O–H groups in total. The van der Waals surface area contributed by atoms with Gasteiger partial charge in [-0.1, -0.05) is 6.92 Å². The molecule has 5 nitrogen and oxygen atoms in total. The van der Waals surface area contributed by atoms with E-state index >= 15 is 0 Å². The fourth-order valence-electron chi connectivity index (χ4n) is 1.17. The monoisotopic (exact) mass is 197 g/mol. The van der Waals surface area contributed by atoms with Crippen LogP contribution in [0.15, 0.2) is 6.20 Å². The van der Waals surface area contributed by atoms with Gasteiger partial charge in [-0.15, -0.1) is 0 Å². The molecule has 0 radical (unpaired) electrons. The molecule has 0 aliphatic heterocycles. The molecule has 0 aromatic carbocycles. The van der Waals surface area contributed by atoms with Gasteiger partial charge < -0.3 is 10.6 Å². The van der Waals surface area contributed by atoms with Crippen molar-refractivity contribution >= 4 is 0 Å². The Kier molecular flexibility index (Phi) is 5.94. The largest absolute Gasteiger partial charge is 0.317 e. The first-order valence-electron chi connectivity index (χ1n) is 5.19. The van der Waals surface area contributed by atoms with Crippen LogP contribution < -0.4 is 10.6 Å². The Bertz CT molecular complexity index is 209. The molecule has 0 saturated heterocycles. The van der Waals surface area contributed by atoms with Crippen LogP contribution in [-0.2, 0) is 6.54 Å². The molecule has 80 valence electrons. The predicted octanol–water partition coefficient (Wildman–Crippen LogP) is 0.284. The Morgan fingerprint density at radius 3 is 2.86 bits per heavy atom. The van der Waals surface area contributed by atoms with Gasteiger partial charge in [-0.2, -0.15) is 15.4 Å². The zero-order valence-corrected chi connectivity index (χ0v) is 8.71. The van der Waals surface area contributed by atoms with Gasteiger partial charge in [0.25, 0.3) is 0 Å². The molecule has 1 aromatic heterocycles. The van der Waals surface area contributed by atoms with Crippen molar-refractivity contribution in [3.05, 3.63) is 11.9 Å². The second-order valence-corrected chi connectivity index (χ2v) is 3.24. The minimum absolute atomic E-state index is 0.796. The predicted molar refractivity (Wildman–Crippen MR) is 55.9 cm³/mol. The average molecular weight is 197 g/mol. The Balaban J connectivity index is 1.85. The summed E-state index contributed by atoms with van der Waals surface area (Å²) in [5, 5.41) is 16.9. The molecule has 0 atom stereocenters. The standard InChI is InChI=1S/C9H19N5/c1-2-4-10-5-3-6-11-7-9-8-12-14-13-9/h8,10-11H,2-7H2,1H3,(H,12,13,14). The van der Waals surface area contributed by atoms with Gasteiger partial charge in [-0.3, -0.25) is 0 Å². The molecule has 1 heterocycles. The molecule has 0 amide bonds. The van der Waals surface area contributed by atoms with Crippen molar-refractivity contribution in [2.75, 3.05) is 19.6 Å². The summed E-state index contributed by atoms with van der Waals surface area (Å²) in [6.07, 6.45) is 4.09. The topological polar surface area (TPSA) is 65.6 Å². The summed E-state index contributed by atoms with van der Waals surface area (Å²) >= 11 is 0. The van der Waals surface area contributed by atoms with Crippen LogP contribution in [0.25, 0.3) is 0 Å². The van der Waals surface area contributed by atoms with Gasteiger partial charge in [0.15, 0.2) is 0 Å². The zero-order valence-electron chi connectivity index (χ0n) is 8.71. The molecule has 0 saturated carbocycles. The van der Waals surface area contributed by atoms with Gasteiger partial charge in [0.05, 0.1) is 11.9 Å². The third-order valence-electron chi connectivity index (χ3n) is 1.90. The van der Waals surface area contributed by atoms with Gasteiger partial charge in [-0.25, -0.2) is 0 Å². The van der Waals surface area contributed by atoms with Crippen molar-refractivity contribution in [2.24, 2.45) is 0 Å². The summed E-state index contributed by atoms with van der Waals surface area (Å²) in [5.74, 6) is 0. The third-order valence-corrected chi connectivity index (χ3v) is 1.90. The molecular weight excluding hydrogens is 178 g/mol. The van der Waals surface area contributed by atoms with E-state index in [4.69, 9.17) is 0 Å². The molecule has 14 heavy (non-hydrogen) atoms. The van der Waals surface area contributed by atoms with Crippen molar-refractivity contribution in [2.45, 2.75) is 26.3 Å². The minimum Gasteiger partial charge on any atom is -0.317 e. The lowest BCUT2D eigenvalue weighted by molar-refractivity contribution is 0.588. The lowest BCUT2D eigenvalue weighted by Crippen LogP contribution is -2.22. The summed E-state index contributed by atoms with van der Waals surface area (Å²) in [7, 11) is 0. The second-order valence-electron chi connectivity index (χ2n) is 3.24. The normalized spacial score (nSPS) is 10.6. The Hall–Kier alpha value is -0.940. The quantitative estimate of drug-likeness (QED) is 0.524. The van der Waals surface area contributed by atoms with Crippen molar-refractivity contribution < 1.29 is 0 Å². The van der Waals surface area contributed by atoms with E-state index in [1.807, 2.05) is 0 Å². The van der Waals surface area contributed by atoms with Crippen LogP contribution in [-0.4, -0.2) is 35.0 Å². The molecule has 1 aromatic rings. The van der Waals surface area contributed by atoms with Gasteiger partial charge in [0, 0.05) is 6.54 Å². The van der Waals surface area contributed by atoms with Crippen LogP contribution in [0.2, 0.25) is 0 Å². The lowest BCUT2D eigenvalue weighted by Gasteiger charge is -2.03. The fourth-order valence-corrected chi connectivity index (χ4v) is 1.17. The minimum atomic E-state index is 0.796. The number of nitrogens with zero attached hydrogens (tertiary/aromatic N) is 2. The first kappa shape index (κ1) is 11.1. The Morgan fingerprint density at radius 1 is 1.29 bits per heavy atom. The number of nitrogens with one attached hydrogen (secondary N) is 3. The first-order valence-corrected chi connectivity index (χ1v) is 5.19. The zero-order chi connectivity index (χ0) is 10.1. The number of rotatable bonds is 8. The highest BCUT2D eigenvalue weighted by Crippen LogP contribution is 1.86. The highest BCUT2D eigenvalue weighted by Gasteiger charge is 1.93. The smallest absolute Gasteiger partial charge is 0.0962 e. The maximum absolute atomic E-state index is 3.95. The number of hydrogen-bond acceptors (Lipinski definition) is 4. The van der Waals surface area contributed by atoms with Crippen LogP contribution >= 0.6 is 0 Å². The van der Waals surface area contributed by atoms with E-state index in [-0.39, 0.29) is 0 Å². The van der Waals surface area contributed by atoms with E-state index < -0.39 is 0 Å². The average Bonchev–Trinajstić information content (AvgIpc) is 2.69. The van der Waals surface area contributed by atoms with Crippen LogP contribution in [0.1, 0.15) is 25.5 Å². The van der Waals surface area contributed by atoms with E-state index in [1.54, 1.807) is 6.20 Å². The second kappa shape index (κ2) is 7.46. The third kappa shape index (κ3) is 4.94. The van der Waals surface area contributed by atoms with Crippen molar-refractivity contribution in [1.82, 2.24) is 26.0 Å². The molecule has 1 rings (SSSR count). The summed E-state index contributed by atoms with van der Waals surface area (Å²) in [4.78, 5) is 0. The highest BCUT2D eigenvalue weighted by atomic mass is 15.3. The number of H-pyrrole nitrogens is 1. The van der Waals surface area contributed by atoms with Crippen molar-refractivity contribution in [3.8, 4) is 0 Å². The van der Waals surface area contributed by atoms with E-state index in [2.05, 4.69) is 33.0 Å². The first-order chi connectivity index (χ1) is 6.93. The van der Waals surface area contributed by atoms with Gasteiger partial charge in [0.2, 0.25) is 0 Å². The molecular formula is C9H19N5. The van der Waals surface area contributed by atoms with Crippen LogP contribution in [0.4, 0.5) is 0 Å². The maximum atomic E-state index is 3.95. The molecule has 5 heteroatoms. The van der Waals surface area contributed by atoms with Crippen molar-refractivity contribution in [3.63, 3.8) is 0 Å². The number of aromatic nitrogens is 3. The lowest BCUT2D eigenvalue weighted by atomic mass is 10.4. The molecule has 0 unspecified atom stereocenters. The SMILES string of the molecule is CCCNCCCNCc1cn[nH]n1. The van der Waals surface area contributed by atoms with Gasteiger partial charge >= 0.3 is 0 Å². The molecule has 0 fully saturated rings. The summed E-state index contributed by atoms with van der Waals surface area (Å²) < 4.78 is 0. The van der Waals surface area contributed by atoms with Crippen LogP contribution in [0.3, 0.4) is 0 Å². The number of aromatic amines is 1. The van der Waals surface area contributed by atoms with E-state index in [1.165, 1.54) is 6.42 Å². The summed E-state index contributed by atoms with van der Waals surface area (Å²) in [5.41, 5.74) is 0.964. The van der Waals surface area contributed by atoms with Crippen LogP contribution in [0.5, 0.6) is 0 Å². The maximum Gasteiger partial charge on any atom is 0.0962 e. The Labute approximate surface area is 84.7 Å². The number of hydrogen-bond donors (Lipinski definition) is 3. The van der Waals surface area contributed by atoms with Crippen LogP contribution in [0, 0.1) is 0 Å². The fraction of sp³-hybridized carbons (Fsp3) is 0.778. The molecule has 0 aliphatic carbocycles. The molecule has 0 spiro atoms. The van der Waals surface area contributed by atoms with E-state index in [0.717, 1.165) is 38.3 Å². The van der Waals surface area contributed by atoms with Crippen molar-refractivity contribution in [1.29, 1.82) is 0 Å². The highest BCUT2D eigenvalue weighted by molar-refractivity contribution is 4.88. The molecule has 0 aliphatic rings. The van der Waals surface area contributed by atoms with E-state index in [0.29, 0.717) is 0 Å². The summed E-state index contributed by atoms with van der Waals surface area (Å²) in [6, 6.07) is 0.